The average Bonchev–Trinajstić information content (AvgIpc) is 2.31. The first-order valence-corrected chi connectivity index (χ1v) is 3.39. The molecule has 12 heavy (non-hydrogen) atoms. The van der Waals surface area contributed by atoms with Gasteiger partial charge in [-0.25, -0.2) is 0 Å². The van der Waals surface area contributed by atoms with E-state index in [1.807, 2.05) is 0 Å². The zero-order chi connectivity index (χ0) is 9.35. The van der Waals surface area contributed by atoms with E-state index in [-0.39, 0.29) is 5.56 Å². The molecule has 1 aromatic rings. The molecular weight excluding hydrogens is 169 g/mol. The molecule has 1 aromatic heterocycles. The van der Waals surface area contributed by atoms with Crippen LogP contribution in [0.25, 0.3) is 0 Å². The summed E-state index contributed by atoms with van der Waals surface area (Å²) in [5.41, 5.74) is 5.53. The number of hydrogen-bond acceptors (Lipinski definition) is 1. The zero-order valence-electron chi connectivity index (χ0n) is 6.44. The molecule has 0 aliphatic heterocycles. The molecule has 0 bridgehead atoms. The van der Waals surface area contributed by atoms with Crippen LogP contribution in [0.4, 0.5) is 13.2 Å². The Labute approximate surface area is 67.6 Å². The molecule has 1 atom stereocenters. The summed E-state index contributed by atoms with van der Waals surface area (Å²) in [6.07, 6.45) is -2.93. The summed E-state index contributed by atoms with van der Waals surface area (Å²) in [7, 11) is 0. The summed E-state index contributed by atoms with van der Waals surface area (Å²) in [6.45, 7) is 1.56. The Kier molecular flexibility index (Phi) is 2.14. The van der Waals surface area contributed by atoms with Crippen LogP contribution in [0.3, 0.4) is 0 Å². The SMILES string of the molecule is Cc1[nH]ccc1[C@@H](N)C(F)(F)F. The molecular formula is C7H9F3N2. The highest BCUT2D eigenvalue weighted by molar-refractivity contribution is 5.23. The molecule has 2 nitrogen and oxygen atoms in total. The lowest BCUT2D eigenvalue weighted by atomic mass is 10.1. The van der Waals surface area contributed by atoms with Gasteiger partial charge in [0.1, 0.15) is 6.04 Å². The Hall–Kier alpha value is -0.970. The van der Waals surface area contributed by atoms with Gasteiger partial charge in [0, 0.05) is 11.9 Å². The molecule has 0 saturated carbocycles. The van der Waals surface area contributed by atoms with Crippen LogP contribution in [0.15, 0.2) is 12.3 Å². The number of alkyl halides is 3. The van der Waals surface area contributed by atoms with Gasteiger partial charge in [0.05, 0.1) is 0 Å². The molecule has 1 heterocycles. The predicted octanol–water partition coefficient (Wildman–Crippen LogP) is 1.89. The fraction of sp³-hybridized carbons (Fsp3) is 0.429. The van der Waals surface area contributed by atoms with E-state index in [1.54, 1.807) is 6.92 Å². The minimum absolute atomic E-state index is 0.0995. The summed E-state index contributed by atoms with van der Waals surface area (Å²) in [4.78, 5) is 2.64. The quantitative estimate of drug-likeness (QED) is 0.677. The second-order valence-corrected chi connectivity index (χ2v) is 2.58. The molecule has 0 aliphatic rings. The van der Waals surface area contributed by atoms with Crippen molar-refractivity contribution in [2.45, 2.75) is 19.1 Å². The molecule has 3 N–H and O–H groups in total. The van der Waals surface area contributed by atoms with Gasteiger partial charge < -0.3 is 10.7 Å². The highest BCUT2D eigenvalue weighted by Gasteiger charge is 2.38. The first-order valence-electron chi connectivity index (χ1n) is 3.39. The molecule has 0 fully saturated rings. The number of halogens is 3. The maximum atomic E-state index is 12.1. The van der Waals surface area contributed by atoms with Crippen molar-refractivity contribution in [1.82, 2.24) is 4.98 Å². The van der Waals surface area contributed by atoms with Crippen LogP contribution in [0.2, 0.25) is 0 Å². The van der Waals surface area contributed by atoms with Gasteiger partial charge in [0.2, 0.25) is 0 Å². The van der Waals surface area contributed by atoms with E-state index in [2.05, 4.69) is 4.98 Å². The Balaban J connectivity index is 2.92. The topological polar surface area (TPSA) is 41.8 Å². The van der Waals surface area contributed by atoms with Gasteiger partial charge in [-0.2, -0.15) is 13.2 Å². The number of nitrogens with one attached hydrogen (secondary N) is 1. The largest absolute Gasteiger partial charge is 0.407 e. The standard InChI is InChI=1S/C7H9F3N2/c1-4-5(2-3-12-4)6(11)7(8,9)10/h2-3,6,12H,11H2,1H3/t6-/m1/s1. The Morgan fingerprint density at radius 2 is 2.08 bits per heavy atom. The molecule has 5 heteroatoms. The lowest BCUT2D eigenvalue weighted by molar-refractivity contribution is -0.149. The van der Waals surface area contributed by atoms with Gasteiger partial charge in [-0.05, 0) is 18.6 Å². The van der Waals surface area contributed by atoms with E-state index in [4.69, 9.17) is 5.73 Å². The van der Waals surface area contributed by atoms with Crippen LogP contribution < -0.4 is 5.73 Å². The summed E-state index contributed by atoms with van der Waals surface area (Å²) in [5.74, 6) is 0. The number of aromatic amines is 1. The van der Waals surface area contributed by atoms with Crippen molar-refractivity contribution in [2.24, 2.45) is 5.73 Å². The number of H-pyrrole nitrogens is 1. The fourth-order valence-electron chi connectivity index (χ4n) is 0.978. The van der Waals surface area contributed by atoms with Gasteiger partial charge >= 0.3 is 6.18 Å². The third-order valence-corrected chi connectivity index (χ3v) is 1.68. The number of nitrogens with two attached hydrogens (primary N) is 1. The number of aryl methyl sites for hydroxylation is 1. The number of rotatable bonds is 1. The van der Waals surface area contributed by atoms with Crippen molar-refractivity contribution >= 4 is 0 Å². The van der Waals surface area contributed by atoms with E-state index in [9.17, 15) is 13.2 Å². The normalized spacial score (nSPS) is 14.8. The van der Waals surface area contributed by atoms with E-state index in [0.29, 0.717) is 5.69 Å². The van der Waals surface area contributed by atoms with Crippen molar-refractivity contribution in [3.63, 3.8) is 0 Å². The third kappa shape index (κ3) is 1.61. The number of hydrogen-bond donors (Lipinski definition) is 2. The molecule has 0 aromatic carbocycles. The van der Waals surface area contributed by atoms with Gasteiger partial charge in [0.25, 0.3) is 0 Å². The Morgan fingerprint density at radius 1 is 1.50 bits per heavy atom. The van der Waals surface area contributed by atoms with Crippen molar-refractivity contribution in [3.8, 4) is 0 Å². The van der Waals surface area contributed by atoms with Crippen LogP contribution in [0.5, 0.6) is 0 Å². The summed E-state index contributed by atoms with van der Waals surface area (Å²) in [6, 6.07) is -0.545. The molecule has 0 unspecified atom stereocenters. The second-order valence-electron chi connectivity index (χ2n) is 2.58. The fourth-order valence-corrected chi connectivity index (χ4v) is 0.978. The van der Waals surface area contributed by atoms with Crippen molar-refractivity contribution < 1.29 is 13.2 Å². The minimum Gasteiger partial charge on any atom is -0.365 e. The van der Waals surface area contributed by atoms with Gasteiger partial charge in [-0.15, -0.1) is 0 Å². The lowest BCUT2D eigenvalue weighted by Crippen LogP contribution is -2.28. The van der Waals surface area contributed by atoms with Crippen LogP contribution in [-0.2, 0) is 0 Å². The van der Waals surface area contributed by atoms with Crippen LogP contribution >= 0.6 is 0 Å². The van der Waals surface area contributed by atoms with E-state index >= 15 is 0 Å². The molecule has 1 rings (SSSR count). The lowest BCUT2D eigenvalue weighted by Gasteiger charge is -2.14. The second kappa shape index (κ2) is 2.82. The van der Waals surface area contributed by atoms with E-state index in [1.165, 1.54) is 12.3 Å². The molecule has 0 amide bonds. The molecule has 0 aliphatic carbocycles. The van der Waals surface area contributed by atoms with Crippen molar-refractivity contribution in [1.29, 1.82) is 0 Å². The van der Waals surface area contributed by atoms with Crippen LogP contribution in [0.1, 0.15) is 17.3 Å². The predicted molar refractivity (Wildman–Crippen MR) is 38.5 cm³/mol. The van der Waals surface area contributed by atoms with Crippen molar-refractivity contribution in [3.05, 3.63) is 23.5 Å². The summed E-state index contributed by atoms with van der Waals surface area (Å²) in [5, 5.41) is 0. The first-order chi connectivity index (χ1) is 5.43. The molecule has 0 spiro atoms. The first kappa shape index (κ1) is 9.12. The number of aromatic nitrogens is 1. The molecule has 0 radical (unpaired) electrons. The monoisotopic (exact) mass is 178 g/mol. The third-order valence-electron chi connectivity index (χ3n) is 1.68. The smallest absolute Gasteiger partial charge is 0.365 e. The maximum Gasteiger partial charge on any atom is 0.407 e. The summed E-state index contributed by atoms with van der Waals surface area (Å²) < 4.78 is 36.2. The zero-order valence-corrected chi connectivity index (χ0v) is 6.44. The van der Waals surface area contributed by atoms with E-state index < -0.39 is 12.2 Å². The average molecular weight is 178 g/mol. The van der Waals surface area contributed by atoms with Gasteiger partial charge in [-0.3, -0.25) is 0 Å². The minimum atomic E-state index is -4.37. The maximum absolute atomic E-state index is 12.1. The molecule has 68 valence electrons. The Morgan fingerprint density at radius 3 is 2.42 bits per heavy atom. The highest BCUT2D eigenvalue weighted by atomic mass is 19.4. The van der Waals surface area contributed by atoms with E-state index in [0.717, 1.165) is 0 Å². The summed E-state index contributed by atoms with van der Waals surface area (Å²) >= 11 is 0. The van der Waals surface area contributed by atoms with Gasteiger partial charge in [0.15, 0.2) is 0 Å². The Bertz CT molecular complexity index is 264. The van der Waals surface area contributed by atoms with Crippen molar-refractivity contribution in [2.75, 3.05) is 0 Å². The van der Waals surface area contributed by atoms with Gasteiger partial charge in [-0.1, -0.05) is 0 Å². The van der Waals surface area contributed by atoms with Crippen LogP contribution in [-0.4, -0.2) is 11.2 Å². The highest BCUT2D eigenvalue weighted by Crippen LogP contribution is 2.31. The van der Waals surface area contributed by atoms with Crippen LogP contribution in [0, 0.1) is 6.92 Å². The molecule has 0 saturated heterocycles.